The van der Waals surface area contributed by atoms with E-state index in [1.165, 1.54) is 34.8 Å². The molecule has 6 heterocycles. The van der Waals surface area contributed by atoms with Crippen LogP contribution in [0.3, 0.4) is 0 Å². The number of carbonyl (C=O) groups is 2. The molecular formula is C50H50F2N6O6S2. The van der Waals surface area contributed by atoms with Crippen LogP contribution >= 0.6 is 22.7 Å². The number of rotatable bonds is 14. The number of fused-ring (bicyclic) bond motifs is 4. The van der Waals surface area contributed by atoms with Crippen LogP contribution in [-0.4, -0.2) is 105 Å². The predicted molar refractivity (Wildman–Crippen MR) is 253 cm³/mol. The first kappa shape index (κ1) is 43.9. The Labute approximate surface area is 387 Å². The molecule has 0 spiro atoms. The number of hydrogen-bond donors (Lipinski definition) is 2. The standard InChI is InChI=1S/C50H50F2N6O6S2/c1-29-23-31(47-55-45-37(51)7-3-13-43(45)65-47)17-21-57(29)25-33(27-61-41-11-5-9-39-35(41)15-19-53-39)63-49(59)50(60)64-34(28-62-42-12-6-10-40-36(42)16-20-54-40)26-58-22-18-32(24-30(58)2)48-56-46-38(52)8-4-14-44(46)66-48/h3-16,19-20,29-34,53-54H,17-18,21-28H2,1-2H3/t29?,30?,31?,32?,33-,34-/m0/s1. The van der Waals surface area contributed by atoms with Gasteiger partial charge in [0.2, 0.25) is 0 Å². The van der Waals surface area contributed by atoms with E-state index < -0.39 is 24.1 Å². The average Bonchev–Trinajstić information content (AvgIpc) is 4.16. The number of aromatic nitrogens is 4. The molecular weight excluding hydrogens is 883 g/mol. The molecule has 342 valence electrons. The number of esters is 2. The summed E-state index contributed by atoms with van der Waals surface area (Å²) in [5.74, 6) is -1.32. The molecule has 0 amide bonds. The number of H-pyrrole nitrogens is 2. The van der Waals surface area contributed by atoms with Crippen molar-refractivity contribution in [2.75, 3.05) is 39.4 Å². The molecule has 4 aromatic heterocycles. The van der Waals surface area contributed by atoms with Crippen molar-refractivity contribution in [2.45, 2.75) is 75.7 Å². The van der Waals surface area contributed by atoms with Gasteiger partial charge in [0.15, 0.2) is 0 Å². The molecule has 4 aromatic carbocycles. The van der Waals surface area contributed by atoms with Crippen LogP contribution in [0.15, 0.2) is 97.3 Å². The van der Waals surface area contributed by atoms with E-state index in [0.29, 0.717) is 48.7 Å². The highest BCUT2D eigenvalue weighted by molar-refractivity contribution is 7.19. The number of para-hydroxylation sites is 2. The van der Waals surface area contributed by atoms with Crippen LogP contribution in [0, 0.1) is 11.6 Å². The molecule has 2 aliphatic rings. The molecule has 0 bridgehead atoms. The van der Waals surface area contributed by atoms with E-state index >= 15 is 0 Å². The summed E-state index contributed by atoms with van der Waals surface area (Å²) in [6.45, 7) is 6.20. The largest absolute Gasteiger partial charge is 0.489 e. The third-order valence-corrected chi connectivity index (χ3v) is 15.4. The van der Waals surface area contributed by atoms with Gasteiger partial charge < -0.3 is 28.9 Å². The topological polar surface area (TPSA) is 135 Å². The van der Waals surface area contributed by atoms with E-state index in [4.69, 9.17) is 18.9 Å². The zero-order valence-corrected chi connectivity index (χ0v) is 38.2. The van der Waals surface area contributed by atoms with Crippen molar-refractivity contribution in [1.82, 2.24) is 29.7 Å². The molecule has 6 atom stereocenters. The van der Waals surface area contributed by atoms with E-state index in [9.17, 15) is 18.4 Å². The van der Waals surface area contributed by atoms with Crippen molar-refractivity contribution in [3.8, 4) is 11.5 Å². The molecule has 8 aromatic rings. The maximum absolute atomic E-state index is 14.5. The first-order valence-corrected chi connectivity index (χ1v) is 24.1. The summed E-state index contributed by atoms with van der Waals surface area (Å²) >= 11 is 3.07. The molecule has 66 heavy (non-hydrogen) atoms. The molecule has 0 radical (unpaired) electrons. The molecule has 2 aliphatic heterocycles. The average molecular weight is 933 g/mol. The minimum absolute atomic E-state index is 0.00588. The number of nitrogens with zero attached hydrogens (tertiary/aromatic N) is 4. The second kappa shape index (κ2) is 19.1. The molecule has 2 saturated heterocycles. The quantitative estimate of drug-likeness (QED) is 0.0802. The number of likely N-dealkylation sites (tertiary alicyclic amines) is 2. The fourth-order valence-corrected chi connectivity index (χ4v) is 11.8. The smallest absolute Gasteiger partial charge is 0.417 e. The Bertz CT molecular complexity index is 2810. The fraction of sp³-hybridized carbons (Fsp3) is 0.360. The van der Waals surface area contributed by atoms with Gasteiger partial charge in [0.25, 0.3) is 0 Å². The molecule has 0 saturated carbocycles. The van der Waals surface area contributed by atoms with Crippen LogP contribution in [0.25, 0.3) is 42.2 Å². The monoisotopic (exact) mass is 932 g/mol. The molecule has 12 nitrogen and oxygen atoms in total. The number of nitrogens with one attached hydrogen (secondary N) is 2. The third kappa shape index (κ3) is 9.37. The Balaban J connectivity index is 0.832. The summed E-state index contributed by atoms with van der Waals surface area (Å²) in [4.78, 5) is 48.1. The normalized spacial score (nSPS) is 20.5. The molecule has 16 heteroatoms. The van der Waals surface area contributed by atoms with Crippen molar-refractivity contribution in [3.05, 3.63) is 119 Å². The van der Waals surface area contributed by atoms with E-state index in [-0.39, 0.29) is 48.8 Å². The van der Waals surface area contributed by atoms with Crippen LogP contribution in [-0.2, 0) is 19.1 Å². The van der Waals surface area contributed by atoms with E-state index in [1.807, 2.05) is 73.1 Å². The second-order valence-electron chi connectivity index (χ2n) is 17.5. The Hall–Kier alpha value is -5.94. The zero-order valence-electron chi connectivity index (χ0n) is 36.6. The number of thiazole rings is 2. The minimum atomic E-state index is -1.12. The van der Waals surface area contributed by atoms with Gasteiger partial charge >= 0.3 is 11.9 Å². The van der Waals surface area contributed by atoms with E-state index in [1.54, 1.807) is 12.1 Å². The van der Waals surface area contributed by atoms with Crippen LogP contribution in [0.4, 0.5) is 8.78 Å². The number of carbonyl (C=O) groups excluding carboxylic acids is 2. The lowest BCUT2D eigenvalue weighted by molar-refractivity contribution is -0.177. The van der Waals surface area contributed by atoms with Crippen LogP contribution in [0.1, 0.15) is 61.4 Å². The van der Waals surface area contributed by atoms with Gasteiger partial charge in [-0.15, -0.1) is 22.7 Å². The predicted octanol–water partition coefficient (Wildman–Crippen LogP) is 9.96. The lowest BCUT2D eigenvalue weighted by Gasteiger charge is -2.39. The Kier molecular flexibility index (Phi) is 12.7. The number of benzene rings is 4. The van der Waals surface area contributed by atoms with Crippen LogP contribution < -0.4 is 9.47 Å². The van der Waals surface area contributed by atoms with Crippen molar-refractivity contribution in [1.29, 1.82) is 0 Å². The van der Waals surface area contributed by atoms with Gasteiger partial charge in [-0.3, -0.25) is 9.80 Å². The zero-order chi connectivity index (χ0) is 45.3. The Morgan fingerprint density at radius 3 is 1.52 bits per heavy atom. The third-order valence-electron chi connectivity index (χ3n) is 13.0. The van der Waals surface area contributed by atoms with Crippen LogP contribution in [0.5, 0.6) is 11.5 Å². The summed E-state index contributed by atoms with van der Waals surface area (Å²) < 4.78 is 55.5. The highest BCUT2D eigenvalue weighted by Crippen LogP contribution is 2.39. The van der Waals surface area contributed by atoms with Gasteiger partial charge in [-0.25, -0.2) is 28.3 Å². The minimum Gasteiger partial charge on any atom is -0.489 e. The highest BCUT2D eigenvalue weighted by Gasteiger charge is 2.35. The van der Waals surface area contributed by atoms with Crippen LogP contribution in [0.2, 0.25) is 0 Å². The van der Waals surface area contributed by atoms with Crippen molar-refractivity contribution in [2.24, 2.45) is 0 Å². The molecule has 4 unspecified atom stereocenters. The van der Waals surface area contributed by atoms with E-state index in [0.717, 1.165) is 66.9 Å². The van der Waals surface area contributed by atoms with Gasteiger partial charge in [-0.05, 0) is 113 Å². The second-order valence-corrected chi connectivity index (χ2v) is 19.6. The summed E-state index contributed by atoms with van der Waals surface area (Å²) in [6, 6.07) is 25.5. The number of ether oxygens (including phenoxy) is 4. The van der Waals surface area contributed by atoms with Gasteiger partial charge in [0.1, 0.15) is 59.6 Å². The number of piperidine rings is 2. The van der Waals surface area contributed by atoms with Crippen molar-refractivity contribution in [3.63, 3.8) is 0 Å². The van der Waals surface area contributed by atoms with Gasteiger partial charge in [0.05, 0.1) is 19.4 Å². The summed E-state index contributed by atoms with van der Waals surface area (Å²) in [6.07, 6.45) is 5.14. The Morgan fingerprint density at radius 1 is 0.652 bits per heavy atom. The fourth-order valence-electron chi connectivity index (χ4n) is 9.55. The van der Waals surface area contributed by atoms with E-state index in [2.05, 4.69) is 43.6 Å². The number of aromatic amines is 2. The SMILES string of the molecule is CC1CC(c2nc3c(F)cccc3s2)CCN1C[C@@H](COc1cccc2[nH]ccc12)OC(=O)C(=O)O[C@H](COc1cccc2[nH]ccc12)CN1CCC(c2nc3c(F)cccc3s2)CC1C. The van der Waals surface area contributed by atoms with Gasteiger partial charge in [-0.2, -0.15) is 0 Å². The maximum atomic E-state index is 14.5. The Morgan fingerprint density at radius 2 is 1.09 bits per heavy atom. The number of halogens is 2. The summed E-state index contributed by atoms with van der Waals surface area (Å²) in [5.41, 5.74) is 2.63. The summed E-state index contributed by atoms with van der Waals surface area (Å²) in [7, 11) is 0. The lowest BCUT2D eigenvalue weighted by Crippen LogP contribution is -2.48. The molecule has 10 rings (SSSR count). The first-order valence-electron chi connectivity index (χ1n) is 22.5. The van der Waals surface area contributed by atoms with Gasteiger partial charge in [-0.1, -0.05) is 24.3 Å². The van der Waals surface area contributed by atoms with Crippen molar-refractivity contribution >= 4 is 76.9 Å². The molecule has 0 aliphatic carbocycles. The lowest BCUT2D eigenvalue weighted by atomic mass is 9.92. The maximum Gasteiger partial charge on any atom is 0.417 e. The number of hydrogen-bond acceptors (Lipinski definition) is 12. The highest BCUT2D eigenvalue weighted by atomic mass is 32.1. The van der Waals surface area contributed by atoms with Crippen molar-refractivity contribution < 1.29 is 37.3 Å². The van der Waals surface area contributed by atoms with Gasteiger partial charge in [0, 0.05) is 71.2 Å². The molecule has 2 N–H and O–H groups in total. The molecule has 2 fully saturated rings. The summed E-state index contributed by atoms with van der Waals surface area (Å²) in [5, 5.41) is 3.60. The first-order chi connectivity index (χ1) is 32.1.